The Labute approximate surface area is 635 Å². The molecule has 612 valence electrons. The Morgan fingerprint density at radius 2 is 1.31 bits per heavy atom. The van der Waals surface area contributed by atoms with E-state index >= 15 is 37.5 Å². The van der Waals surface area contributed by atoms with Crippen LogP contribution < -0.4 is 16.0 Å². The summed E-state index contributed by atoms with van der Waals surface area (Å²) in [5.41, 5.74) is -3.06. The normalized spacial score (nSPS) is 31.5. The number of carbonyl (C=O) groups is 12. The number of halogens is 5. The molecule has 2 saturated heterocycles. The number of alkyl halides is 5. The van der Waals surface area contributed by atoms with Gasteiger partial charge in [0.1, 0.15) is 72.1 Å². The van der Waals surface area contributed by atoms with Gasteiger partial charge < -0.3 is 69.5 Å². The molecule has 0 radical (unpaired) electrons. The molecular weight excluding hydrogens is 1410 g/mol. The minimum absolute atomic E-state index is 0.000493. The lowest BCUT2D eigenvalue weighted by molar-refractivity contribution is -0.219. The predicted octanol–water partition coefficient (Wildman–Crippen LogP) is 6.07. The number of rotatable bonds is 15. The first-order valence-corrected chi connectivity index (χ1v) is 38.8. The van der Waals surface area contributed by atoms with E-state index in [0.29, 0.717) is 25.2 Å². The standard InChI is InChI=1S/C77H125F5N12O14/c1-19-33-107-43-59-65(98)84-64(47(5)20-2)72(105)88(14)42-62(97)89(15)54-25-23-22-24-32-93(71(54)104)57(36-48-28-26-46(4)27-29-48)69(102)87(13)41-60(95)83-53(31-30-49-34-51(78)63(52(79)35-49)77(80,81)82)67(100)94-40-50(108-21-3)37-55(94)66(99)85-76(44-75(9,10)45-76)73(106)92(18)58(39-74(6,7)8)70(103)91(17)56(68(101)86(11)12)38-61(96)90(59)16/h22-23,46-59,63-64H,19-21,24-45H2,1-18H3,(H,83,95)(H,84,98)(H,85,99)/b23-22-/t46?,47-,48?,49?,50+,51?,52?,53-,54-,55-,56-,57-,58-,59-,63?,64-/m0/s1. The van der Waals surface area contributed by atoms with Gasteiger partial charge in [-0.3, -0.25) is 57.5 Å². The van der Waals surface area contributed by atoms with Crippen LogP contribution in [0, 0.1) is 40.4 Å². The fourth-order valence-electron chi connectivity index (χ4n) is 16.7. The molecule has 2 bridgehead atoms. The Bertz CT molecular complexity index is 3200. The maximum atomic E-state index is 15.7. The molecule has 108 heavy (non-hydrogen) atoms. The number of likely N-dealkylation sites (N-methyl/N-ethyl adjacent to an activating group) is 7. The van der Waals surface area contributed by atoms with Crippen LogP contribution in [0.2, 0.25) is 0 Å². The van der Waals surface area contributed by atoms with Gasteiger partial charge in [0.15, 0.2) is 0 Å². The second kappa shape index (κ2) is 38.3. The maximum absolute atomic E-state index is 15.7. The fraction of sp³-hybridized carbons (Fsp3) is 0.818. The average Bonchev–Trinajstić information content (AvgIpc) is 0.936. The molecule has 0 aromatic carbocycles. The zero-order valence-electron chi connectivity index (χ0n) is 67.2. The molecule has 0 aromatic rings. The number of carbonyl (C=O) groups excluding carboxylic acids is 12. The van der Waals surface area contributed by atoms with Crippen LogP contribution >= 0.6 is 0 Å². The molecule has 2 unspecified atom stereocenters. The van der Waals surface area contributed by atoms with Gasteiger partial charge >= 0.3 is 6.18 Å². The van der Waals surface area contributed by atoms with Crippen LogP contribution in [0.5, 0.6) is 0 Å². The van der Waals surface area contributed by atoms with Gasteiger partial charge in [0, 0.05) is 89.1 Å². The first-order valence-electron chi connectivity index (χ1n) is 38.8. The molecule has 31 heteroatoms. The summed E-state index contributed by atoms with van der Waals surface area (Å²) in [6.07, 6.45) is -6.16. The van der Waals surface area contributed by atoms with Gasteiger partial charge in [-0.15, -0.1) is 0 Å². The third-order valence-electron chi connectivity index (χ3n) is 23.1. The van der Waals surface area contributed by atoms with Gasteiger partial charge in [0.2, 0.25) is 70.9 Å². The molecule has 6 rings (SSSR count). The number of nitrogens with one attached hydrogen (secondary N) is 3. The Morgan fingerprint density at radius 3 is 1.87 bits per heavy atom. The Balaban J connectivity index is 1.50. The van der Waals surface area contributed by atoms with Crippen LogP contribution in [0.15, 0.2) is 12.2 Å². The number of hydrogen-bond acceptors (Lipinski definition) is 14. The molecule has 6 aliphatic rings. The first kappa shape index (κ1) is 89.8. The number of amides is 12. The molecule has 3 N–H and O–H groups in total. The molecule has 26 nitrogen and oxygen atoms in total. The van der Waals surface area contributed by atoms with E-state index in [9.17, 15) is 41.9 Å². The average molecular weight is 1540 g/mol. The van der Waals surface area contributed by atoms with Gasteiger partial charge in [-0.25, -0.2) is 8.78 Å². The van der Waals surface area contributed by atoms with Gasteiger partial charge in [0.25, 0.3) is 0 Å². The van der Waals surface area contributed by atoms with Crippen molar-refractivity contribution in [2.45, 2.75) is 263 Å². The van der Waals surface area contributed by atoms with Crippen LogP contribution in [-0.2, 0) is 67.0 Å². The van der Waals surface area contributed by atoms with E-state index in [1.165, 1.54) is 80.9 Å². The van der Waals surface area contributed by atoms with Crippen LogP contribution in [0.3, 0.4) is 0 Å². The summed E-state index contributed by atoms with van der Waals surface area (Å²) in [7, 11) is 11.0. The van der Waals surface area contributed by atoms with Crippen molar-refractivity contribution in [2.24, 2.45) is 40.4 Å². The van der Waals surface area contributed by atoms with Crippen molar-refractivity contribution in [3.05, 3.63) is 12.2 Å². The second-order valence-electron chi connectivity index (χ2n) is 33.9. The highest BCUT2D eigenvalue weighted by Gasteiger charge is 2.59. The number of nitrogens with zero attached hydrogens (tertiary/aromatic N) is 9. The molecule has 12 atom stereocenters. The topological polar surface area (TPSA) is 289 Å². The summed E-state index contributed by atoms with van der Waals surface area (Å²) in [6.45, 7) is 16.8. The van der Waals surface area contributed by atoms with E-state index in [2.05, 4.69) is 22.9 Å². The van der Waals surface area contributed by atoms with Crippen molar-refractivity contribution in [1.29, 1.82) is 0 Å². The Hall–Kier alpha value is -7.05. The highest BCUT2D eigenvalue weighted by Crippen LogP contribution is 2.50. The Kier molecular flexibility index (Phi) is 31.8. The van der Waals surface area contributed by atoms with Gasteiger partial charge in [0.05, 0.1) is 32.2 Å². The summed E-state index contributed by atoms with van der Waals surface area (Å²) >= 11 is 0. The van der Waals surface area contributed by atoms with E-state index < -0.39 is 217 Å². The second-order valence-corrected chi connectivity index (χ2v) is 33.9. The lowest BCUT2D eigenvalue weighted by atomic mass is 9.58. The molecule has 3 heterocycles. The van der Waals surface area contributed by atoms with Crippen molar-refractivity contribution in [3.8, 4) is 0 Å². The van der Waals surface area contributed by atoms with E-state index in [1.807, 2.05) is 47.6 Å². The molecule has 12 amide bonds. The number of hydrogen-bond donors (Lipinski definition) is 3. The molecule has 0 aromatic heterocycles. The lowest BCUT2D eigenvalue weighted by Gasteiger charge is -2.54. The van der Waals surface area contributed by atoms with Gasteiger partial charge in [-0.1, -0.05) is 107 Å². The number of ether oxygens (including phenoxy) is 2. The minimum atomic E-state index is -5.18. The molecular formula is C77H125F5N12O14. The highest BCUT2D eigenvalue weighted by molar-refractivity contribution is 6.01. The van der Waals surface area contributed by atoms with E-state index in [0.717, 1.165) is 45.3 Å². The van der Waals surface area contributed by atoms with Crippen molar-refractivity contribution < 1.29 is 89.0 Å². The predicted molar refractivity (Wildman–Crippen MR) is 394 cm³/mol. The monoisotopic (exact) mass is 1540 g/mol. The third-order valence-corrected chi connectivity index (χ3v) is 23.1. The molecule has 1 spiro atoms. The van der Waals surface area contributed by atoms with Gasteiger partial charge in [-0.05, 0) is 112 Å². The molecule has 3 aliphatic heterocycles. The summed E-state index contributed by atoms with van der Waals surface area (Å²) in [5.74, 6) is -13.2. The van der Waals surface area contributed by atoms with Crippen molar-refractivity contribution >= 4 is 70.9 Å². The van der Waals surface area contributed by atoms with Crippen LogP contribution in [0.1, 0.15) is 185 Å². The van der Waals surface area contributed by atoms with E-state index in [-0.39, 0.29) is 83.8 Å². The minimum Gasteiger partial charge on any atom is -0.379 e. The maximum Gasteiger partial charge on any atom is 0.397 e. The quantitative estimate of drug-likeness (QED) is 0.0953. The number of fused-ring (bicyclic) bond motifs is 3. The SMILES string of the molecule is CCCOC[C@H]1C(=O)N[C@@H]([C@@H](C)CC)C(=O)N(C)CC(=O)N(C)[C@H]2C/C=C\CCN(C2=O)[C@@H](CC2CCC(C)CC2)C(=O)N(C)CC(=O)N[C@@H](CCC2CC(F)C(C(F)(F)F)C(F)C2)C(=O)N2C[C@H](OCC)C[C@H]2C(=O)NC2(CC(C)(C)C2)C(=O)N(C)[C@@H](CC(C)(C)C)C(=O)N(C)[C@H](C(=O)N(C)C)CC(=O)N1C. The Morgan fingerprint density at radius 1 is 0.685 bits per heavy atom. The summed E-state index contributed by atoms with van der Waals surface area (Å²) < 4.78 is 85.0. The van der Waals surface area contributed by atoms with Crippen LogP contribution in [0.25, 0.3) is 0 Å². The van der Waals surface area contributed by atoms with Crippen molar-refractivity contribution in [2.75, 3.05) is 102 Å². The zero-order chi connectivity index (χ0) is 81.0. The van der Waals surface area contributed by atoms with Crippen molar-refractivity contribution in [3.63, 3.8) is 0 Å². The van der Waals surface area contributed by atoms with E-state index in [1.54, 1.807) is 26.8 Å². The molecule has 5 fully saturated rings. The third kappa shape index (κ3) is 22.8. The fourth-order valence-corrected chi connectivity index (χ4v) is 16.7. The lowest BCUT2D eigenvalue weighted by Crippen LogP contribution is -2.71. The molecule has 3 saturated carbocycles. The highest BCUT2D eigenvalue weighted by atomic mass is 19.4. The van der Waals surface area contributed by atoms with E-state index in [4.69, 9.17) is 9.47 Å². The van der Waals surface area contributed by atoms with Crippen LogP contribution in [-0.4, -0.2) is 296 Å². The molecule has 3 aliphatic carbocycles. The van der Waals surface area contributed by atoms with Crippen molar-refractivity contribution in [1.82, 2.24) is 60.0 Å². The largest absolute Gasteiger partial charge is 0.397 e. The van der Waals surface area contributed by atoms with Crippen LogP contribution in [0.4, 0.5) is 22.0 Å². The summed E-state index contributed by atoms with van der Waals surface area (Å²) in [5, 5.41) is 8.55. The first-order chi connectivity index (χ1) is 50.3. The summed E-state index contributed by atoms with van der Waals surface area (Å²) in [6, 6.07) is -11.2. The zero-order valence-corrected chi connectivity index (χ0v) is 67.2. The smallest absolute Gasteiger partial charge is 0.379 e. The van der Waals surface area contributed by atoms with Gasteiger partial charge in [-0.2, -0.15) is 13.2 Å². The summed E-state index contributed by atoms with van der Waals surface area (Å²) in [4.78, 5) is 193.